The standard InChI is InChI=1S/C32H33IO5/c1-32(24-15-22-14-23(17-24)18-25(32)16-22)38-31(35)20-37-29-10-2-21(3-11-29)19-36-30-12-6-27(7-13-30)33-26-4-8-28(34)9-5-26/h2-13,22-25H,14-20H2,1H3/p+1. The largest absolute Gasteiger partial charge is 0.508 e. The van der Waals surface area contributed by atoms with Crippen LogP contribution >= 0.6 is 0 Å². The van der Waals surface area contributed by atoms with Crippen LogP contribution in [0, 0.1) is 30.8 Å². The molecule has 0 heterocycles. The summed E-state index contributed by atoms with van der Waals surface area (Å²) >= 11 is -0.289. The van der Waals surface area contributed by atoms with Crippen molar-refractivity contribution in [3.63, 3.8) is 0 Å². The highest BCUT2D eigenvalue weighted by Gasteiger charge is 2.57. The molecule has 0 aliphatic heterocycles. The first-order chi connectivity index (χ1) is 18.4. The van der Waals surface area contributed by atoms with Gasteiger partial charge >= 0.3 is 27.2 Å². The molecule has 4 aliphatic carbocycles. The predicted molar refractivity (Wildman–Crippen MR) is 140 cm³/mol. The molecule has 4 saturated carbocycles. The first-order valence-corrected chi connectivity index (χ1v) is 15.7. The molecule has 4 bridgehead atoms. The minimum absolute atomic E-state index is 0.0587. The minimum atomic E-state index is -0.319. The molecule has 1 N–H and O–H groups in total. The second kappa shape index (κ2) is 10.8. The van der Waals surface area contributed by atoms with Gasteiger partial charge in [-0.2, -0.15) is 0 Å². The Morgan fingerprint density at radius 2 is 1.32 bits per heavy atom. The fourth-order valence-electron chi connectivity index (χ4n) is 6.78. The van der Waals surface area contributed by atoms with Gasteiger partial charge in [-0.15, -0.1) is 0 Å². The number of hydrogen-bond acceptors (Lipinski definition) is 5. The minimum Gasteiger partial charge on any atom is -0.508 e. The van der Waals surface area contributed by atoms with Gasteiger partial charge in [0.1, 0.15) is 29.5 Å². The second-order valence-corrected chi connectivity index (χ2v) is 14.2. The molecular weight excluding hydrogens is 591 g/mol. The van der Waals surface area contributed by atoms with E-state index in [-0.39, 0.29) is 39.4 Å². The summed E-state index contributed by atoms with van der Waals surface area (Å²) in [6, 6.07) is 23.3. The van der Waals surface area contributed by atoms with Crippen molar-refractivity contribution in [2.75, 3.05) is 6.61 Å². The van der Waals surface area contributed by atoms with Crippen LogP contribution in [0.15, 0.2) is 72.8 Å². The molecule has 4 fully saturated rings. The Kier molecular flexibility index (Phi) is 7.25. The number of phenols is 1. The van der Waals surface area contributed by atoms with E-state index < -0.39 is 0 Å². The molecule has 0 saturated heterocycles. The maximum atomic E-state index is 12.7. The number of halogens is 1. The maximum absolute atomic E-state index is 12.7. The Morgan fingerprint density at radius 1 is 0.789 bits per heavy atom. The topological polar surface area (TPSA) is 65.0 Å². The van der Waals surface area contributed by atoms with E-state index in [9.17, 15) is 9.90 Å². The van der Waals surface area contributed by atoms with Crippen molar-refractivity contribution in [1.82, 2.24) is 0 Å². The lowest BCUT2D eigenvalue weighted by Gasteiger charge is -2.59. The zero-order chi connectivity index (χ0) is 26.1. The Balaban J connectivity index is 0.955. The summed E-state index contributed by atoms with van der Waals surface area (Å²) in [5.41, 5.74) is 0.710. The van der Waals surface area contributed by atoms with E-state index in [0.717, 1.165) is 23.1 Å². The van der Waals surface area contributed by atoms with Gasteiger partial charge in [0.25, 0.3) is 0 Å². The van der Waals surface area contributed by atoms with Crippen molar-refractivity contribution in [3.05, 3.63) is 85.5 Å². The molecule has 4 aliphatic rings. The van der Waals surface area contributed by atoms with E-state index in [1.165, 1.54) is 39.2 Å². The van der Waals surface area contributed by atoms with Crippen LogP contribution in [-0.2, 0) is 16.1 Å². The number of hydrogen-bond donors (Lipinski definition) is 1. The van der Waals surface area contributed by atoms with Crippen molar-refractivity contribution in [2.24, 2.45) is 23.7 Å². The Hall–Kier alpha value is -2.74. The molecule has 0 aromatic heterocycles. The Labute approximate surface area is 234 Å². The van der Waals surface area contributed by atoms with Crippen LogP contribution in [0.2, 0.25) is 0 Å². The van der Waals surface area contributed by atoms with Gasteiger partial charge in [-0.25, -0.2) is 4.79 Å². The summed E-state index contributed by atoms with van der Waals surface area (Å²) in [6.45, 7) is 2.56. The van der Waals surface area contributed by atoms with Gasteiger partial charge in [0.15, 0.2) is 13.7 Å². The molecule has 0 unspecified atom stereocenters. The van der Waals surface area contributed by atoms with Gasteiger partial charge in [-0.1, -0.05) is 12.1 Å². The second-order valence-electron chi connectivity index (χ2n) is 11.2. The number of ether oxygens (including phenoxy) is 3. The average Bonchev–Trinajstić information content (AvgIpc) is 2.92. The summed E-state index contributed by atoms with van der Waals surface area (Å²) in [5.74, 6) is 4.24. The number of carbonyl (C=O) groups is 1. The van der Waals surface area contributed by atoms with Crippen LogP contribution in [0.5, 0.6) is 17.2 Å². The molecule has 7 rings (SSSR count). The molecule has 6 heteroatoms. The zero-order valence-corrected chi connectivity index (χ0v) is 23.8. The molecule has 0 radical (unpaired) electrons. The maximum Gasteiger partial charge on any atom is 0.357 e. The SMILES string of the molecule is CC1(OC(=O)COc2ccc(COc3ccc([I+]c4ccc(O)cc4)cc3)cc2)C2CC3CC(C2)CC1C3. The van der Waals surface area contributed by atoms with Crippen molar-refractivity contribution < 1.29 is 45.3 Å². The molecule has 198 valence electrons. The van der Waals surface area contributed by atoms with Gasteiger partial charge < -0.3 is 19.3 Å². The molecule has 5 nitrogen and oxygen atoms in total. The third-order valence-electron chi connectivity index (χ3n) is 8.64. The lowest BCUT2D eigenvalue weighted by Crippen LogP contribution is -3.61. The van der Waals surface area contributed by atoms with Crippen molar-refractivity contribution in [1.29, 1.82) is 0 Å². The van der Waals surface area contributed by atoms with Crippen molar-refractivity contribution in [2.45, 2.75) is 51.2 Å². The lowest BCUT2D eigenvalue weighted by molar-refractivity contribution is -0.597. The fraction of sp³-hybridized carbons (Fsp3) is 0.406. The Morgan fingerprint density at radius 3 is 1.92 bits per heavy atom. The molecule has 0 amide bonds. The van der Waals surface area contributed by atoms with Gasteiger partial charge in [-0.3, -0.25) is 0 Å². The molecule has 0 atom stereocenters. The van der Waals surface area contributed by atoms with Gasteiger partial charge in [-0.05, 0) is 129 Å². The first kappa shape index (κ1) is 25.5. The molecule has 3 aromatic carbocycles. The highest BCUT2D eigenvalue weighted by Crippen LogP contribution is 2.59. The highest BCUT2D eigenvalue weighted by molar-refractivity contribution is 5.71. The van der Waals surface area contributed by atoms with Gasteiger partial charge in [0.05, 0.1) is 0 Å². The highest BCUT2D eigenvalue weighted by atomic mass is 127. The van der Waals surface area contributed by atoms with E-state index in [4.69, 9.17) is 14.2 Å². The van der Waals surface area contributed by atoms with Gasteiger partial charge in [0, 0.05) is 0 Å². The van der Waals surface area contributed by atoms with Crippen LogP contribution in [0.4, 0.5) is 0 Å². The molecular formula is C32H34IO5+. The summed E-state index contributed by atoms with van der Waals surface area (Å²) in [6.07, 6.45) is 6.24. The first-order valence-electron chi connectivity index (χ1n) is 13.5. The van der Waals surface area contributed by atoms with E-state index in [1.54, 1.807) is 12.1 Å². The number of phenolic OH excluding ortho intramolecular Hbond substituents is 1. The van der Waals surface area contributed by atoms with Crippen LogP contribution in [0.25, 0.3) is 0 Å². The third kappa shape index (κ3) is 5.65. The monoisotopic (exact) mass is 625 g/mol. The number of benzene rings is 3. The summed E-state index contributed by atoms with van der Waals surface area (Å²) in [4.78, 5) is 12.7. The Bertz CT molecular complexity index is 1220. The van der Waals surface area contributed by atoms with Crippen molar-refractivity contribution >= 4 is 5.97 Å². The lowest BCUT2D eigenvalue weighted by atomic mass is 9.50. The number of aromatic hydroxyl groups is 1. The van der Waals surface area contributed by atoms with Gasteiger partial charge in [0.2, 0.25) is 0 Å². The van der Waals surface area contributed by atoms with E-state index in [1.807, 2.05) is 48.5 Å². The average molecular weight is 626 g/mol. The number of esters is 1. The van der Waals surface area contributed by atoms with Crippen LogP contribution in [-0.4, -0.2) is 23.3 Å². The summed E-state index contributed by atoms with van der Waals surface area (Å²) in [5, 5.41) is 9.44. The van der Waals surface area contributed by atoms with Crippen LogP contribution in [0.1, 0.15) is 44.6 Å². The van der Waals surface area contributed by atoms with Crippen LogP contribution < -0.4 is 30.7 Å². The third-order valence-corrected chi connectivity index (χ3v) is 11.3. The summed E-state index contributed by atoms with van der Waals surface area (Å²) in [7, 11) is 0. The summed E-state index contributed by atoms with van der Waals surface area (Å²) < 4.78 is 20.4. The fourth-order valence-corrected chi connectivity index (χ4v) is 8.93. The quantitative estimate of drug-likeness (QED) is 0.293. The zero-order valence-electron chi connectivity index (χ0n) is 21.6. The molecule has 3 aromatic rings. The molecule has 38 heavy (non-hydrogen) atoms. The van der Waals surface area contributed by atoms with E-state index >= 15 is 0 Å². The van der Waals surface area contributed by atoms with Crippen molar-refractivity contribution in [3.8, 4) is 17.2 Å². The number of rotatable bonds is 9. The van der Waals surface area contributed by atoms with Crippen LogP contribution in [0.3, 0.4) is 0 Å². The smallest absolute Gasteiger partial charge is 0.357 e. The normalized spacial score (nSPS) is 27.2. The molecule has 0 spiro atoms. The van der Waals surface area contributed by atoms with E-state index in [2.05, 4.69) is 19.1 Å². The number of carbonyl (C=O) groups excluding carboxylic acids is 1. The van der Waals surface area contributed by atoms with E-state index in [0.29, 0.717) is 29.9 Å². The predicted octanol–water partition coefficient (Wildman–Crippen LogP) is 3.24.